The van der Waals surface area contributed by atoms with Crippen molar-refractivity contribution >= 4 is 23.0 Å². The van der Waals surface area contributed by atoms with Crippen molar-refractivity contribution in [2.24, 2.45) is 0 Å². The first-order chi connectivity index (χ1) is 10.1. The number of hydrogen-bond acceptors (Lipinski definition) is 4. The van der Waals surface area contributed by atoms with Crippen molar-refractivity contribution in [1.82, 2.24) is 0 Å². The van der Waals surface area contributed by atoms with E-state index in [1.807, 2.05) is 12.1 Å². The Morgan fingerprint density at radius 1 is 1.33 bits per heavy atom. The highest BCUT2D eigenvalue weighted by atomic mass is 16.3. The van der Waals surface area contributed by atoms with Gasteiger partial charge in [-0.05, 0) is 37.0 Å². The van der Waals surface area contributed by atoms with E-state index in [4.69, 9.17) is 5.73 Å². The van der Waals surface area contributed by atoms with Gasteiger partial charge in [-0.3, -0.25) is 4.79 Å². The third-order valence-electron chi connectivity index (χ3n) is 4.18. The van der Waals surface area contributed by atoms with E-state index in [1.54, 1.807) is 0 Å². The predicted octanol–water partition coefficient (Wildman–Crippen LogP) is 2.14. The summed E-state index contributed by atoms with van der Waals surface area (Å²) in [6, 6.07) is 4.24. The molecule has 21 heavy (non-hydrogen) atoms. The van der Waals surface area contributed by atoms with Crippen LogP contribution < -0.4 is 16.0 Å². The van der Waals surface area contributed by atoms with Crippen LogP contribution in [0.3, 0.4) is 0 Å². The van der Waals surface area contributed by atoms with Gasteiger partial charge in [-0.1, -0.05) is 13.8 Å². The topological polar surface area (TPSA) is 78.6 Å². The highest BCUT2D eigenvalue weighted by Gasteiger charge is 2.22. The molecule has 0 atom stereocenters. The number of carbonyl (C=O) groups excluding carboxylic acids is 1. The molecule has 0 radical (unpaired) electrons. The summed E-state index contributed by atoms with van der Waals surface area (Å²) in [6.45, 7) is 4.90. The van der Waals surface area contributed by atoms with Crippen LogP contribution in [0.4, 0.5) is 17.1 Å². The van der Waals surface area contributed by atoms with Gasteiger partial charge in [0, 0.05) is 24.7 Å². The van der Waals surface area contributed by atoms with Crippen LogP contribution in [-0.2, 0) is 11.2 Å². The van der Waals surface area contributed by atoms with Crippen molar-refractivity contribution in [1.29, 1.82) is 0 Å². The molecule has 0 aromatic heterocycles. The van der Waals surface area contributed by atoms with Crippen LogP contribution in [0.15, 0.2) is 12.1 Å². The molecule has 1 aromatic carbocycles. The van der Waals surface area contributed by atoms with Crippen molar-refractivity contribution in [3.63, 3.8) is 0 Å². The largest absolute Gasteiger partial charge is 0.397 e. The highest BCUT2D eigenvalue weighted by molar-refractivity contribution is 5.95. The number of aliphatic hydroxyl groups excluding tert-OH is 1. The monoisotopic (exact) mass is 291 g/mol. The number of benzene rings is 1. The fourth-order valence-corrected chi connectivity index (χ4v) is 3.02. The van der Waals surface area contributed by atoms with E-state index in [2.05, 4.69) is 24.1 Å². The Morgan fingerprint density at radius 3 is 2.67 bits per heavy atom. The van der Waals surface area contributed by atoms with Gasteiger partial charge in [-0.15, -0.1) is 0 Å². The fraction of sp³-hybridized carbons (Fsp3) is 0.562. The van der Waals surface area contributed by atoms with Crippen molar-refractivity contribution in [3.05, 3.63) is 17.7 Å². The van der Waals surface area contributed by atoms with E-state index in [9.17, 15) is 9.90 Å². The lowest BCUT2D eigenvalue weighted by Gasteiger charge is -2.34. The molecule has 5 nitrogen and oxygen atoms in total. The van der Waals surface area contributed by atoms with Crippen molar-refractivity contribution in [3.8, 4) is 0 Å². The maximum absolute atomic E-state index is 11.6. The molecule has 4 N–H and O–H groups in total. The van der Waals surface area contributed by atoms with Gasteiger partial charge in [0.05, 0.1) is 18.0 Å². The Kier molecular flexibility index (Phi) is 5.07. The maximum atomic E-state index is 11.6. The van der Waals surface area contributed by atoms with E-state index in [1.165, 1.54) is 0 Å². The lowest BCUT2D eigenvalue weighted by Crippen LogP contribution is -2.37. The van der Waals surface area contributed by atoms with Gasteiger partial charge in [0.25, 0.3) is 0 Å². The van der Waals surface area contributed by atoms with E-state index in [-0.39, 0.29) is 12.5 Å². The summed E-state index contributed by atoms with van der Waals surface area (Å²) in [5, 5.41) is 12.3. The predicted molar refractivity (Wildman–Crippen MR) is 86.6 cm³/mol. The zero-order chi connectivity index (χ0) is 15.4. The van der Waals surface area contributed by atoms with Crippen molar-refractivity contribution in [2.45, 2.75) is 45.6 Å². The molecular formula is C16H25N3O2. The van der Waals surface area contributed by atoms with Crippen LogP contribution in [-0.4, -0.2) is 30.2 Å². The summed E-state index contributed by atoms with van der Waals surface area (Å²) >= 11 is 0. The minimum atomic E-state index is 0.0504. The van der Waals surface area contributed by atoms with Crippen LogP contribution in [0.5, 0.6) is 0 Å². The number of nitrogen functional groups attached to an aromatic ring is 1. The Hall–Kier alpha value is -1.75. The first-order valence-corrected chi connectivity index (χ1v) is 7.70. The van der Waals surface area contributed by atoms with Gasteiger partial charge in [-0.2, -0.15) is 0 Å². The van der Waals surface area contributed by atoms with Crippen LogP contribution in [0.2, 0.25) is 0 Å². The number of nitrogens with zero attached hydrogens (tertiary/aromatic N) is 1. The van der Waals surface area contributed by atoms with Gasteiger partial charge in [-0.25, -0.2) is 0 Å². The Balaban J connectivity index is 2.40. The zero-order valence-electron chi connectivity index (χ0n) is 12.9. The lowest BCUT2D eigenvalue weighted by atomic mass is 10.00. The Bertz CT molecular complexity index is 512. The quantitative estimate of drug-likeness (QED) is 0.702. The number of hydrogen-bond donors (Lipinski definition) is 3. The molecule has 5 heteroatoms. The standard InChI is InChI=1S/C16H25N3O2/c1-3-12(4-2)19(7-8-20)15-10-14-11(9-13(15)17)5-6-16(21)18-14/h9-10,12,20H,3-8,17H2,1-2H3,(H,18,21). The first-order valence-electron chi connectivity index (χ1n) is 7.70. The Labute approximate surface area is 126 Å². The van der Waals surface area contributed by atoms with Crippen LogP contribution in [0.25, 0.3) is 0 Å². The minimum absolute atomic E-state index is 0.0504. The Morgan fingerprint density at radius 2 is 2.05 bits per heavy atom. The van der Waals surface area contributed by atoms with Gasteiger partial charge in [0.2, 0.25) is 5.91 Å². The van der Waals surface area contributed by atoms with E-state index >= 15 is 0 Å². The SMILES string of the molecule is CCC(CC)N(CCO)c1cc2c(cc1N)CCC(=O)N2. The third kappa shape index (κ3) is 3.29. The number of nitrogens with one attached hydrogen (secondary N) is 1. The van der Waals surface area contributed by atoms with Gasteiger partial charge in [0.15, 0.2) is 0 Å². The molecule has 1 aromatic rings. The normalized spacial score (nSPS) is 14.0. The number of rotatable bonds is 6. The number of aliphatic hydroxyl groups is 1. The average molecular weight is 291 g/mol. The minimum Gasteiger partial charge on any atom is -0.397 e. The molecule has 1 heterocycles. The zero-order valence-corrected chi connectivity index (χ0v) is 12.9. The number of carbonyl (C=O) groups is 1. The third-order valence-corrected chi connectivity index (χ3v) is 4.18. The second-order valence-electron chi connectivity index (χ2n) is 5.50. The molecule has 116 valence electrons. The number of aryl methyl sites for hydroxylation is 1. The lowest BCUT2D eigenvalue weighted by molar-refractivity contribution is -0.116. The summed E-state index contributed by atoms with van der Waals surface area (Å²) in [5.74, 6) is 0.0504. The first kappa shape index (κ1) is 15.6. The number of amides is 1. The van der Waals surface area contributed by atoms with E-state index in [0.29, 0.717) is 24.7 Å². The number of fused-ring (bicyclic) bond motifs is 1. The second kappa shape index (κ2) is 6.80. The van der Waals surface area contributed by atoms with Crippen LogP contribution in [0.1, 0.15) is 38.7 Å². The second-order valence-corrected chi connectivity index (χ2v) is 5.50. The molecule has 0 bridgehead atoms. The van der Waals surface area contributed by atoms with Gasteiger partial charge >= 0.3 is 0 Å². The summed E-state index contributed by atoms with van der Waals surface area (Å²) in [7, 11) is 0. The summed E-state index contributed by atoms with van der Waals surface area (Å²) in [6.07, 6.45) is 3.22. The average Bonchev–Trinajstić information content (AvgIpc) is 2.47. The van der Waals surface area contributed by atoms with E-state index in [0.717, 1.165) is 36.2 Å². The molecule has 0 saturated heterocycles. The molecule has 0 fully saturated rings. The number of anilines is 3. The molecule has 0 spiro atoms. The molecule has 0 saturated carbocycles. The van der Waals surface area contributed by atoms with Crippen molar-refractivity contribution < 1.29 is 9.90 Å². The highest BCUT2D eigenvalue weighted by Crippen LogP contribution is 2.34. The van der Waals surface area contributed by atoms with Crippen LogP contribution in [0, 0.1) is 0 Å². The van der Waals surface area contributed by atoms with Gasteiger partial charge in [0.1, 0.15) is 0 Å². The smallest absolute Gasteiger partial charge is 0.224 e. The molecule has 2 rings (SSSR count). The maximum Gasteiger partial charge on any atom is 0.224 e. The molecule has 1 amide bonds. The molecular weight excluding hydrogens is 266 g/mol. The molecule has 0 aliphatic carbocycles. The molecule has 0 unspecified atom stereocenters. The summed E-state index contributed by atoms with van der Waals surface area (Å²) < 4.78 is 0. The van der Waals surface area contributed by atoms with E-state index < -0.39 is 0 Å². The summed E-state index contributed by atoms with van der Waals surface area (Å²) in [4.78, 5) is 13.7. The molecule has 1 aliphatic rings. The van der Waals surface area contributed by atoms with Crippen LogP contribution >= 0.6 is 0 Å². The number of nitrogens with two attached hydrogens (primary N) is 1. The van der Waals surface area contributed by atoms with Crippen molar-refractivity contribution in [2.75, 3.05) is 29.1 Å². The molecule has 1 aliphatic heterocycles. The fourth-order valence-electron chi connectivity index (χ4n) is 3.02. The van der Waals surface area contributed by atoms with Gasteiger partial charge < -0.3 is 21.1 Å². The summed E-state index contributed by atoms with van der Waals surface area (Å²) in [5.41, 5.74) is 9.78.